The fourth-order valence-corrected chi connectivity index (χ4v) is 4.35. The molecule has 0 radical (unpaired) electrons. The van der Waals surface area contributed by atoms with E-state index in [0.29, 0.717) is 32.9 Å². The zero-order valence-electron chi connectivity index (χ0n) is 15.7. The first-order valence-electron chi connectivity index (χ1n) is 9.23. The van der Waals surface area contributed by atoms with Crippen LogP contribution in [0.1, 0.15) is 31.4 Å². The molecule has 4 rings (SSSR count). The van der Waals surface area contributed by atoms with Crippen LogP contribution in [0, 0.1) is 34.5 Å². The van der Waals surface area contributed by atoms with Crippen molar-refractivity contribution < 1.29 is 10.2 Å². The molecule has 0 bridgehead atoms. The Balaban J connectivity index is 0.000000213. The molecule has 0 unspecified atom stereocenters. The number of hydrogen-bond acceptors (Lipinski definition) is 4. The lowest BCUT2D eigenvalue weighted by Crippen LogP contribution is -2.09. The van der Waals surface area contributed by atoms with Crippen molar-refractivity contribution in [1.82, 2.24) is 0 Å². The van der Waals surface area contributed by atoms with Crippen molar-refractivity contribution in [3.63, 3.8) is 0 Å². The van der Waals surface area contributed by atoms with Crippen molar-refractivity contribution in [1.29, 1.82) is 10.5 Å². The first-order valence-corrected chi connectivity index (χ1v) is 10.7. The van der Waals surface area contributed by atoms with E-state index in [0.717, 1.165) is 11.1 Å². The monoisotopic (exact) mass is 498 g/mol. The summed E-state index contributed by atoms with van der Waals surface area (Å²) in [4.78, 5) is 0. The number of aliphatic hydroxyl groups is 2. The summed E-state index contributed by atoms with van der Waals surface area (Å²) in [5.74, 6) is 0.0551. The Hall–Kier alpha value is -1.50. The number of nitriles is 2. The van der Waals surface area contributed by atoms with Crippen molar-refractivity contribution in [3.8, 4) is 12.1 Å². The second-order valence-electron chi connectivity index (χ2n) is 7.59. The molecule has 0 aliphatic heterocycles. The van der Waals surface area contributed by atoms with Gasteiger partial charge < -0.3 is 10.2 Å². The minimum Gasteiger partial charge on any atom is -0.396 e. The Morgan fingerprint density at radius 3 is 1.32 bits per heavy atom. The van der Waals surface area contributed by atoms with Crippen LogP contribution in [0.15, 0.2) is 36.4 Å². The van der Waals surface area contributed by atoms with Gasteiger partial charge in [-0.05, 0) is 48.2 Å². The molecule has 2 fully saturated rings. The highest BCUT2D eigenvalue weighted by Gasteiger charge is 2.56. The maximum Gasteiger partial charge on any atom is 0.0877 e. The summed E-state index contributed by atoms with van der Waals surface area (Å²) in [5.41, 5.74) is 0.586. The highest BCUT2D eigenvalue weighted by molar-refractivity contribution is 6.42. The minimum atomic E-state index is -0.553. The minimum absolute atomic E-state index is 0. The van der Waals surface area contributed by atoms with Crippen molar-refractivity contribution in [3.05, 3.63) is 67.6 Å². The van der Waals surface area contributed by atoms with E-state index in [9.17, 15) is 0 Å². The number of halogens is 4. The summed E-state index contributed by atoms with van der Waals surface area (Å²) in [7, 11) is 0. The van der Waals surface area contributed by atoms with E-state index in [-0.39, 0.29) is 32.5 Å². The summed E-state index contributed by atoms with van der Waals surface area (Å²) in [6, 6.07) is 14.9. The summed E-state index contributed by atoms with van der Waals surface area (Å²) in [6.07, 6.45) is 1.38. The van der Waals surface area contributed by atoms with Crippen molar-refractivity contribution >= 4 is 46.4 Å². The first-order chi connectivity index (χ1) is 14.3. The average Bonchev–Trinajstić information content (AvgIpc) is 3.65. The molecule has 0 saturated heterocycles. The smallest absolute Gasteiger partial charge is 0.0877 e. The van der Waals surface area contributed by atoms with Crippen molar-refractivity contribution in [2.75, 3.05) is 13.2 Å². The molecule has 8 heteroatoms. The highest BCUT2D eigenvalue weighted by Crippen LogP contribution is 2.55. The Labute approximate surface area is 202 Å². The van der Waals surface area contributed by atoms with E-state index in [2.05, 4.69) is 12.1 Å². The van der Waals surface area contributed by atoms with Gasteiger partial charge in [0.25, 0.3) is 0 Å². The highest BCUT2D eigenvalue weighted by atomic mass is 35.5. The quantitative estimate of drug-likeness (QED) is 0.526. The topological polar surface area (TPSA) is 88.0 Å². The van der Waals surface area contributed by atoms with E-state index in [1.54, 1.807) is 36.4 Å². The first kappa shape index (κ1) is 25.8. The Kier molecular flexibility index (Phi) is 8.28. The molecule has 31 heavy (non-hydrogen) atoms. The molecule has 2 aliphatic rings. The van der Waals surface area contributed by atoms with Gasteiger partial charge in [-0.2, -0.15) is 10.5 Å². The number of hydrogen-bond donors (Lipinski definition) is 2. The van der Waals surface area contributed by atoms with Crippen LogP contribution >= 0.6 is 46.4 Å². The molecule has 0 heterocycles. The molecule has 0 amide bonds. The van der Waals surface area contributed by atoms with Gasteiger partial charge in [-0.1, -0.05) is 66.0 Å². The predicted molar refractivity (Wildman–Crippen MR) is 125 cm³/mol. The molecule has 0 aromatic heterocycles. The molecule has 4 atom stereocenters. The van der Waals surface area contributed by atoms with E-state index >= 15 is 0 Å². The lowest BCUT2D eigenvalue weighted by molar-refractivity contribution is 0.269. The maximum atomic E-state index is 9.13. The molecular weight excluding hydrogens is 478 g/mol. The van der Waals surface area contributed by atoms with Gasteiger partial charge in [0.2, 0.25) is 0 Å². The zero-order valence-corrected chi connectivity index (χ0v) is 18.8. The van der Waals surface area contributed by atoms with Gasteiger partial charge in [-0.25, -0.2) is 0 Å². The standard InChI is InChI=1S/2C11H9Cl2NO.CH4/c2*12-9-2-1-7(3-10(9)13)11(6-14)4-8(11)5-15;/h2*1-3,8,15H,4-5H2;1H4/t8-,11+;8-,11-;/m11./s1. The summed E-state index contributed by atoms with van der Waals surface area (Å²) in [5, 5.41) is 38.2. The molecule has 2 aromatic rings. The van der Waals surface area contributed by atoms with Crippen LogP contribution in [-0.2, 0) is 10.8 Å². The van der Waals surface area contributed by atoms with Crippen molar-refractivity contribution in [2.45, 2.75) is 31.1 Å². The fraction of sp³-hybridized carbons (Fsp3) is 0.391. The largest absolute Gasteiger partial charge is 0.396 e. The van der Waals surface area contributed by atoms with Crippen LogP contribution in [0.3, 0.4) is 0 Å². The summed E-state index contributed by atoms with van der Waals surface area (Å²) < 4.78 is 0. The van der Waals surface area contributed by atoms with E-state index in [1.165, 1.54) is 0 Å². The van der Waals surface area contributed by atoms with Gasteiger partial charge in [0.15, 0.2) is 0 Å². The number of benzene rings is 2. The van der Waals surface area contributed by atoms with Crippen LogP contribution < -0.4 is 0 Å². The fourth-order valence-electron chi connectivity index (χ4n) is 3.76. The lowest BCUT2D eigenvalue weighted by Gasteiger charge is -2.09. The molecule has 2 aromatic carbocycles. The molecule has 2 aliphatic carbocycles. The number of aliphatic hydroxyl groups excluding tert-OH is 2. The molecular formula is C23H22Cl4N2O2. The third kappa shape index (κ3) is 4.81. The third-order valence-corrected chi connectivity index (χ3v) is 7.40. The number of nitrogens with zero attached hydrogens (tertiary/aromatic N) is 2. The van der Waals surface area contributed by atoms with Crippen molar-refractivity contribution in [2.24, 2.45) is 11.8 Å². The van der Waals surface area contributed by atoms with Crippen LogP contribution in [0.4, 0.5) is 0 Å². The van der Waals surface area contributed by atoms with Crippen LogP contribution in [0.2, 0.25) is 20.1 Å². The van der Waals surface area contributed by atoms with Gasteiger partial charge in [0, 0.05) is 25.0 Å². The van der Waals surface area contributed by atoms with Crippen LogP contribution in [0.5, 0.6) is 0 Å². The van der Waals surface area contributed by atoms with Gasteiger partial charge in [0.05, 0.1) is 43.1 Å². The van der Waals surface area contributed by atoms with E-state index in [4.69, 9.17) is 67.1 Å². The van der Waals surface area contributed by atoms with E-state index < -0.39 is 10.8 Å². The van der Waals surface area contributed by atoms with Gasteiger partial charge in [0.1, 0.15) is 0 Å². The Bertz CT molecular complexity index is 965. The molecule has 2 N–H and O–H groups in total. The maximum absolute atomic E-state index is 9.13. The van der Waals surface area contributed by atoms with Crippen LogP contribution in [0.25, 0.3) is 0 Å². The van der Waals surface area contributed by atoms with Gasteiger partial charge >= 0.3 is 0 Å². The normalized spacial score (nSPS) is 27.6. The second-order valence-corrected chi connectivity index (χ2v) is 9.22. The molecule has 164 valence electrons. The Morgan fingerprint density at radius 2 is 1.10 bits per heavy atom. The second kappa shape index (κ2) is 9.97. The number of rotatable bonds is 4. The average molecular weight is 500 g/mol. The summed E-state index contributed by atoms with van der Waals surface area (Å²) >= 11 is 23.4. The van der Waals surface area contributed by atoms with Gasteiger partial charge in [-0.3, -0.25) is 0 Å². The van der Waals surface area contributed by atoms with Crippen LogP contribution in [-0.4, -0.2) is 23.4 Å². The Morgan fingerprint density at radius 1 is 0.742 bits per heavy atom. The third-order valence-electron chi connectivity index (χ3n) is 5.92. The van der Waals surface area contributed by atoms with Gasteiger partial charge in [-0.15, -0.1) is 0 Å². The van der Waals surface area contributed by atoms with E-state index in [1.807, 2.05) is 0 Å². The SMILES string of the molecule is C.N#C[C@@]1(c2ccc(Cl)c(Cl)c2)C[C@@H]1CO.N#C[C@]1(c2ccc(Cl)c(Cl)c2)C[C@@H]1CO. The predicted octanol–water partition coefficient (Wildman–Crippen LogP) is 6.17. The zero-order chi connectivity index (χ0) is 22.1. The lowest BCUT2D eigenvalue weighted by atomic mass is 9.95. The molecule has 0 spiro atoms. The molecule has 2 saturated carbocycles. The summed E-state index contributed by atoms with van der Waals surface area (Å²) in [6.45, 7) is 0.0710. The molecule has 4 nitrogen and oxygen atoms in total.